The summed E-state index contributed by atoms with van der Waals surface area (Å²) in [6.45, 7) is 0.00311. The van der Waals surface area contributed by atoms with Crippen molar-refractivity contribution in [2.75, 3.05) is 18.1 Å². The van der Waals surface area contributed by atoms with E-state index in [1.54, 1.807) is 18.2 Å². The number of carboxylic acid groups (broad SMARTS) is 1. The van der Waals surface area contributed by atoms with Crippen molar-refractivity contribution in [2.24, 2.45) is 0 Å². The molecule has 0 saturated heterocycles. The molecular weight excluding hydrogens is 325 g/mol. The molecule has 0 aliphatic rings. The summed E-state index contributed by atoms with van der Waals surface area (Å²) < 4.78 is 0. The van der Waals surface area contributed by atoms with E-state index in [1.807, 2.05) is 0 Å². The average molecular weight is 338 g/mol. The predicted octanol–water partition coefficient (Wildman–Crippen LogP) is 1.96. The summed E-state index contributed by atoms with van der Waals surface area (Å²) in [5.74, 6) is -1.44. The minimum absolute atomic E-state index is 0.00311. The zero-order chi connectivity index (χ0) is 15.1. The number of carbonyl (C=O) groups is 2. The molecule has 0 fully saturated rings. The molecule has 0 radical (unpaired) electrons. The van der Waals surface area contributed by atoms with Crippen LogP contribution in [0, 0.1) is 0 Å². The summed E-state index contributed by atoms with van der Waals surface area (Å²) >= 11 is 12.6. The van der Waals surface area contributed by atoms with Crippen LogP contribution < -0.4 is 5.32 Å². The van der Waals surface area contributed by atoms with Crippen LogP contribution in [0.3, 0.4) is 0 Å². The first-order valence-electron chi connectivity index (χ1n) is 5.59. The number of nitrogens with one attached hydrogen (secondary N) is 1. The third-order valence-electron chi connectivity index (χ3n) is 2.22. The smallest absolute Gasteiger partial charge is 0.313 e. The molecule has 1 rings (SSSR count). The zero-order valence-electron chi connectivity index (χ0n) is 10.3. The van der Waals surface area contributed by atoms with Gasteiger partial charge >= 0.3 is 5.97 Å². The molecule has 0 bridgehead atoms. The largest absolute Gasteiger partial charge is 0.481 e. The molecule has 110 valence electrons. The molecule has 0 aliphatic carbocycles. The third kappa shape index (κ3) is 6.47. The van der Waals surface area contributed by atoms with Crippen LogP contribution in [0.4, 0.5) is 0 Å². The standard InChI is InChI=1S/C12H13Cl2NO4S/c13-8-1-7(2-9(14)3-8)10(16)4-15-11(17)5-20-6-12(18)19/h1-3,10,16H,4-6H2,(H,15,17)(H,18,19). The van der Waals surface area contributed by atoms with Gasteiger partial charge in [0.2, 0.25) is 5.91 Å². The van der Waals surface area contributed by atoms with Crippen LogP contribution in [0.1, 0.15) is 11.7 Å². The molecule has 0 aromatic heterocycles. The molecule has 5 nitrogen and oxygen atoms in total. The lowest BCUT2D eigenvalue weighted by molar-refractivity contribution is -0.133. The van der Waals surface area contributed by atoms with Crippen LogP contribution in [0.15, 0.2) is 18.2 Å². The monoisotopic (exact) mass is 337 g/mol. The fourth-order valence-electron chi connectivity index (χ4n) is 1.38. The van der Waals surface area contributed by atoms with Crippen LogP contribution in [0.5, 0.6) is 0 Å². The van der Waals surface area contributed by atoms with Crippen LogP contribution in [-0.2, 0) is 9.59 Å². The SMILES string of the molecule is O=C(O)CSCC(=O)NCC(O)c1cc(Cl)cc(Cl)c1. The van der Waals surface area contributed by atoms with E-state index in [2.05, 4.69) is 5.32 Å². The normalized spacial score (nSPS) is 11.9. The zero-order valence-corrected chi connectivity index (χ0v) is 12.6. The van der Waals surface area contributed by atoms with Gasteiger partial charge in [-0.2, -0.15) is 0 Å². The van der Waals surface area contributed by atoms with E-state index >= 15 is 0 Å². The number of aliphatic carboxylic acids is 1. The van der Waals surface area contributed by atoms with Crippen LogP contribution in [-0.4, -0.2) is 40.1 Å². The quantitative estimate of drug-likeness (QED) is 0.708. The Morgan fingerprint density at radius 1 is 1.20 bits per heavy atom. The van der Waals surface area contributed by atoms with Crippen LogP contribution in [0.25, 0.3) is 0 Å². The van der Waals surface area contributed by atoms with Crippen molar-refractivity contribution in [3.63, 3.8) is 0 Å². The van der Waals surface area contributed by atoms with Gasteiger partial charge in [-0.1, -0.05) is 23.2 Å². The Balaban J connectivity index is 2.40. The Kier molecular flexibility index (Phi) is 7.15. The lowest BCUT2D eigenvalue weighted by Gasteiger charge is -2.13. The van der Waals surface area contributed by atoms with E-state index in [0.717, 1.165) is 11.8 Å². The third-order valence-corrected chi connectivity index (χ3v) is 3.57. The lowest BCUT2D eigenvalue weighted by atomic mass is 10.1. The molecule has 1 amide bonds. The first kappa shape index (κ1) is 17.1. The van der Waals surface area contributed by atoms with Crippen molar-refractivity contribution in [3.8, 4) is 0 Å². The number of carbonyl (C=O) groups excluding carboxylic acids is 1. The first-order chi connectivity index (χ1) is 9.38. The molecule has 0 spiro atoms. The fourth-order valence-corrected chi connectivity index (χ4v) is 2.49. The van der Waals surface area contributed by atoms with Crippen molar-refractivity contribution in [1.82, 2.24) is 5.32 Å². The van der Waals surface area contributed by atoms with Crippen molar-refractivity contribution in [2.45, 2.75) is 6.10 Å². The van der Waals surface area contributed by atoms with Gasteiger partial charge in [0.15, 0.2) is 0 Å². The van der Waals surface area contributed by atoms with Gasteiger partial charge < -0.3 is 15.5 Å². The number of aliphatic hydroxyl groups excluding tert-OH is 1. The number of halogens is 2. The number of benzene rings is 1. The maximum absolute atomic E-state index is 11.4. The summed E-state index contributed by atoms with van der Waals surface area (Å²) in [4.78, 5) is 21.7. The molecule has 20 heavy (non-hydrogen) atoms. The van der Waals surface area contributed by atoms with E-state index in [9.17, 15) is 14.7 Å². The number of amides is 1. The highest BCUT2D eigenvalue weighted by atomic mass is 35.5. The van der Waals surface area contributed by atoms with E-state index in [4.69, 9.17) is 28.3 Å². The maximum atomic E-state index is 11.4. The van der Waals surface area contributed by atoms with Gasteiger partial charge in [0, 0.05) is 16.6 Å². The second-order valence-corrected chi connectivity index (χ2v) is 5.77. The first-order valence-corrected chi connectivity index (χ1v) is 7.50. The van der Waals surface area contributed by atoms with Crippen molar-refractivity contribution < 1.29 is 19.8 Å². The maximum Gasteiger partial charge on any atom is 0.313 e. The Morgan fingerprint density at radius 2 is 1.80 bits per heavy atom. The minimum atomic E-state index is -0.976. The summed E-state index contributed by atoms with van der Waals surface area (Å²) in [5, 5.41) is 21.6. The average Bonchev–Trinajstić information content (AvgIpc) is 2.34. The van der Waals surface area contributed by atoms with Crippen molar-refractivity contribution in [3.05, 3.63) is 33.8 Å². The number of hydrogen-bond acceptors (Lipinski definition) is 4. The van der Waals surface area contributed by atoms with Crippen molar-refractivity contribution in [1.29, 1.82) is 0 Å². The number of hydrogen-bond donors (Lipinski definition) is 3. The fraction of sp³-hybridized carbons (Fsp3) is 0.333. The Hall–Kier alpha value is -0.950. The Bertz CT molecular complexity index is 478. The molecule has 1 unspecified atom stereocenters. The number of aliphatic hydroxyl groups is 1. The van der Waals surface area contributed by atoms with Crippen molar-refractivity contribution >= 4 is 46.8 Å². The molecule has 0 saturated carbocycles. The number of carboxylic acids is 1. The van der Waals surface area contributed by atoms with E-state index in [1.165, 1.54) is 0 Å². The summed E-state index contributed by atoms with van der Waals surface area (Å²) in [6, 6.07) is 4.66. The van der Waals surface area contributed by atoms with Gasteiger partial charge in [-0.15, -0.1) is 11.8 Å². The minimum Gasteiger partial charge on any atom is -0.481 e. The second-order valence-electron chi connectivity index (χ2n) is 3.91. The highest BCUT2D eigenvalue weighted by Gasteiger charge is 2.11. The van der Waals surface area contributed by atoms with E-state index in [-0.39, 0.29) is 24.0 Å². The molecule has 1 atom stereocenters. The van der Waals surface area contributed by atoms with Gasteiger partial charge in [0.05, 0.1) is 17.6 Å². The predicted molar refractivity (Wildman–Crippen MR) is 79.4 cm³/mol. The van der Waals surface area contributed by atoms with Gasteiger partial charge in [-0.25, -0.2) is 0 Å². The Morgan fingerprint density at radius 3 is 2.35 bits per heavy atom. The molecule has 1 aromatic rings. The summed E-state index contributed by atoms with van der Waals surface area (Å²) in [6.07, 6.45) is -0.931. The Labute approximate surface area is 130 Å². The highest BCUT2D eigenvalue weighted by molar-refractivity contribution is 8.00. The molecular formula is C12H13Cl2NO4S. The van der Waals surface area contributed by atoms with Gasteiger partial charge in [-0.3, -0.25) is 9.59 Å². The molecule has 1 aromatic carbocycles. The molecule has 0 aliphatic heterocycles. The lowest BCUT2D eigenvalue weighted by Crippen LogP contribution is -2.30. The number of rotatable bonds is 7. The van der Waals surface area contributed by atoms with Gasteiger partial charge in [0.1, 0.15) is 0 Å². The van der Waals surface area contributed by atoms with Crippen LogP contribution in [0.2, 0.25) is 10.0 Å². The molecule has 0 heterocycles. The van der Waals surface area contributed by atoms with Gasteiger partial charge in [0.25, 0.3) is 0 Å². The summed E-state index contributed by atoms with van der Waals surface area (Å²) in [5.41, 5.74) is 0.501. The number of thioether (sulfide) groups is 1. The van der Waals surface area contributed by atoms with E-state index < -0.39 is 12.1 Å². The van der Waals surface area contributed by atoms with Gasteiger partial charge in [-0.05, 0) is 23.8 Å². The molecule has 8 heteroatoms. The topological polar surface area (TPSA) is 86.6 Å². The van der Waals surface area contributed by atoms with Crippen LogP contribution >= 0.6 is 35.0 Å². The second kappa shape index (κ2) is 8.36. The summed E-state index contributed by atoms with van der Waals surface area (Å²) in [7, 11) is 0. The highest BCUT2D eigenvalue weighted by Crippen LogP contribution is 2.23. The molecule has 3 N–H and O–H groups in total. The van der Waals surface area contributed by atoms with E-state index in [0.29, 0.717) is 15.6 Å².